The van der Waals surface area contributed by atoms with Crippen LogP contribution in [0.5, 0.6) is 0 Å². The van der Waals surface area contributed by atoms with Gasteiger partial charge in [-0.1, -0.05) is 18.3 Å². The third-order valence-electron chi connectivity index (χ3n) is 4.05. The first-order valence-electron chi connectivity index (χ1n) is 7.35. The Labute approximate surface area is 142 Å². The van der Waals surface area contributed by atoms with Gasteiger partial charge in [-0.3, -0.25) is 10.1 Å². The van der Waals surface area contributed by atoms with Crippen LogP contribution in [0.4, 0.5) is 16.5 Å². The Hall–Kier alpha value is -2.00. The highest BCUT2D eigenvalue weighted by atomic mass is 32.1. The zero-order chi connectivity index (χ0) is 16.6. The lowest BCUT2D eigenvalue weighted by atomic mass is 9.98. The zero-order valence-electron chi connectivity index (χ0n) is 12.6. The highest BCUT2D eigenvalue weighted by Crippen LogP contribution is 2.40. The van der Waals surface area contributed by atoms with Crippen LogP contribution in [0.25, 0.3) is 10.2 Å². The Morgan fingerprint density at radius 2 is 2.22 bits per heavy atom. The van der Waals surface area contributed by atoms with Gasteiger partial charge in [0.25, 0.3) is 5.69 Å². The predicted molar refractivity (Wildman–Crippen MR) is 97.3 cm³/mol. The van der Waals surface area contributed by atoms with Crippen molar-refractivity contribution < 1.29 is 4.92 Å². The van der Waals surface area contributed by atoms with Crippen molar-refractivity contribution in [2.75, 3.05) is 23.3 Å². The molecule has 9 heteroatoms. The number of nitrogens with zero attached hydrogens (tertiary/aromatic N) is 3. The summed E-state index contributed by atoms with van der Waals surface area (Å²) in [5.74, 6) is 0.710. The lowest BCUT2D eigenvalue weighted by Gasteiger charge is -2.32. The van der Waals surface area contributed by atoms with Crippen molar-refractivity contribution in [2.24, 2.45) is 11.7 Å². The minimum atomic E-state index is -0.382. The van der Waals surface area contributed by atoms with E-state index in [-0.39, 0.29) is 15.7 Å². The molecule has 0 bridgehead atoms. The third-order valence-corrected chi connectivity index (χ3v) is 5.15. The number of hydrogen-bond donors (Lipinski definition) is 2. The minimum Gasteiger partial charge on any atom is -0.376 e. The number of benzene rings is 1. The number of anilines is 2. The number of piperidine rings is 1. The van der Waals surface area contributed by atoms with Crippen molar-refractivity contribution in [3.05, 3.63) is 22.2 Å². The summed E-state index contributed by atoms with van der Waals surface area (Å²) >= 11 is 6.03. The van der Waals surface area contributed by atoms with E-state index in [1.54, 1.807) is 12.1 Å². The smallest absolute Gasteiger partial charge is 0.288 e. The Morgan fingerprint density at radius 1 is 1.52 bits per heavy atom. The van der Waals surface area contributed by atoms with E-state index in [0.717, 1.165) is 31.6 Å². The van der Waals surface area contributed by atoms with Gasteiger partial charge in [-0.2, -0.15) is 0 Å². The SMILES string of the molecule is CC1CCN(c2ccc([N+](=O)[O-])c3sc(NC(N)=S)nc23)CC1. The lowest BCUT2D eigenvalue weighted by Crippen LogP contribution is -2.32. The lowest BCUT2D eigenvalue weighted by molar-refractivity contribution is -0.382. The Kier molecular flexibility index (Phi) is 4.31. The Morgan fingerprint density at radius 3 is 2.83 bits per heavy atom. The van der Waals surface area contributed by atoms with Gasteiger partial charge in [0.1, 0.15) is 10.2 Å². The maximum absolute atomic E-state index is 11.3. The maximum Gasteiger partial charge on any atom is 0.288 e. The van der Waals surface area contributed by atoms with Gasteiger partial charge in [-0.25, -0.2) is 4.98 Å². The number of aromatic nitrogens is 1. The van der Waals surface area contributed by atoms with Gasteiger partial charge in [0, 0.05) is 19.2 Å². The first-order valence-corrected chi connectivity index (χ1v) is 8.57. The van der Waals surface area contributed by atoms with Crippen LogP contribution in [0.1, 0.15) is 19.8 Å². The van der Waals surface area contributed by atoms with Gasteiger partial charge in [-0.15, -0.1) is 0 Å². The number of nitrogens with two attached hydrogens (primary N) is 1. The molecule has 1 saturated heterocycles. The number of nitro groups is 1. The topological polar surface area (TPSA) is 97.3 Å². The van der Waals surface area contributed by atoms with Gasteiger partial charge in [0.05, 0.1) is 10.6 Å². The molecule has 0 unspecified atom stereocenters. The van der Waals surface area contributed by atoms with Crippen LogP contribution in [0.2, 0.25) is 0 Å². The molecule has 122 valence electrons. The van der Waals surface area contributed by atoms with Crippen LogP contribution in [0, 0.1) is 16.0 Å². The molecule has 3 rings (SSSR count). The number of fused-ring (bicyclic) bond motifs is 1. The molecular weight excluding hydrogens is 334 g/mol. The van der Waals surface area contributed by atoms with Crippen molar-refractivity contribution in [2.45, 2.75) is 19.8 Å². The van der Waals surface area contributed by atoms with Crippen LogP contribution in [0.3, 0.4) is 0 Å². The largest absolute Gasteiger partial charge is 0.376 e. The van der Waals surface area contributed by atoms with E-state index in [9.17, 15) is 10.1 Å². The molecule has 2 aromatic rings. The number of rotatable bonds is 3. The van der Waals surface area contributed by atoms with E-state index in [1.165, 1.54) is 11.3 Å². The predicted octanol–water partition coefficient (Wildman–Crippen LogP) is 3.10. The second-order valence-corrected chi connectivity index (χ2v) is 7.16. The number of thiazole rings is 1. The standard InChI is InChI=1S/C14H17N5O2S2/c1-8-4-6-18(7-5-8)9-2-3-10(19(20)21)12-11(9)16-14(23-12)17-13(15)22/h2-3,8H,4-7H2,1H3,(H3,15,16,17,22). The molecule has 23 heavy (non-hydrogen) atoms. The van der Waals surface area contributed by atoms with E-state index in [2.05, 4.69) is 22.1 Å². The van der Waals surface area contributed by atoms with E-state index in [1.807, 2.05) is 0 Å². The molecule has 1 aromatic heterocycles. The number of non-ortho nitro benzene ring substituents is 1. The first kappa shape index (κ1) is 15.9. The molecule has 2 heterocycles. The van der Waals surface area contributed by atoms with Crippen molar-refractivity contribution in [3.63, 3.8) is 0 Å². The highest BCUT2D eigenvalue weighted by molar-refractivity contribution is 7.80. The van der Waals surface area contributed by atoms with E-state index >= 15 is 0 Å². The number of nitrogens with one attached hydrogen (secondary N) is 1. The van der Waals surface area contributed by atoms with Gasteiger partial charge < -0.3 is 16.0 Å². The Balaban J connectivity index is 2.07. The van der Waals surface area contributed by atoms with Crippen LogP contribution >= 0.6 is 23.6 Å². The van der Waals surface area contributed by atoms with Crippen molar-refractivity contribution in [3.8, 4) is 0 Å². The molecule has 1 aliphatic heterocycles. The van der Waals surface area contributed by atoms with Crippen LogP contribution in [0.15, 0.2) is 12.1 Å². The summed E-state index contributed by atoms with van der Waals surface area (Å²) in [7, 11) is 0. The van der Waals surface area contributed by atoms with E-state index < -0.39 is 0 Å². The molecule has 1 aromatic carbocycles. The van der Waals surface area contributed by atoms with E-state index in [4.69, 9.17) is 18.0 Å². The van der Waals surface area contributed by atoms with Crippen LogP contribution in [-0.2, 0) is 0 Å². The molecule has 0 radical (unpaired) electrons. The molecule has 0 spiro atoms. The summed E-state index contributed by atoms with van der Waals surface area (Å²) in [4.78, 5) is 17.6. The molecule has 0 aliphatic carbocycles. The number of hydrogen-bond acceptors (Lipinski definition) is 6. The second-order valence-electron chi connectivity index (χ2n) is 5.72. The van der Waals surface area contributed by atoms with Crippen LogP contribution in [-0.4, -0.2) is 28.1 Å². The van der Waals surface area contributed by atoms with Crippen molar-refractivity contribution >= 4 is 55.4 Å². The highest BCUT2D eigenvalue weighted by Gasteiger charge is 2.24. The first-order chi connectivity index (χ1) is 11.0. The minimum absolute atomic E-state index is 0.0580. The fourth-order valence-corrected chi connectivity index (χ4v) is 3.93. The number of nitro benzene ring substituents is 1. The van der Waals surface area contributed by atoms with Gasteiger partial charge in [0.15, 0.2) is 10.2 Å². The fourth-order valence-electron chi connectivity index (χ4n) is 2.79. The van der Waals surface area contributed by atoms with E-state index in [0.29, 0.717) is 21.3 Å². The third kappa shape index (κ3) is 3.20. The Bertz CT molecular complexity index is 768. The molecule has 0 atom stereocenters. The molecule has 7 nitrogen and oxygen atoms in total. The summed E-state index contributed by atoms with van der Waals surface area (Å²) in [6.07, 6.45) is 2.22. The normalized spacial score (nSPS) is 15.8. The summed E-state index contributed by atoms with van der Waals surface area (Å²) in [5.41, 5.74) is 7.11. The monoisotopic (exact) mass is 351 g/mol. The summed E-state index contributed by atoms with van der Waals surface area (Å²) < 4.78 is 0.546. The van der Waals surface area contributed by atoms with Crippen molar-refractivity contribution in [1.82, 2.24) is 4.98 Å². The maximum atomic E-state index is 11.3. The summed E-state index contributed by atoms with van der Waals surface area (Å²) in [6.45, 7) is 4.11. The molecule has 0 saturated carbocycles. The molecular formula is C14H17N5O2S2. The van der Waals surface area contributed by atoms with Gasteiger partial charge >= 0.3 is 0 Å². The molecule has 1 fully saturated rings. The molecule has 3 N–H and O–H groups in total. The fraction of sp³-hybridized carbons (Fsp3) is 0.429. The van der Waals surface area contributed by atoms with Crippen molar-refractivity contribution in [1.29, 1.82) is 0 Å². The van der Waals surface area contributed by atoms with Crippen LogP contribution < -0.4 is 16.0 Å². The number of thiocarbonyl (C=S) groups is 1. The summed E-state index contributed by atoms with van der Waals surface area (Å²) in [5, 5.41) is 14.6. The van der Waals surface area contributed by atoms with Gasteiger partial charge in [-0.05, 0) is 37.0 Å². The van der Waals surface area contributed by atoms with Gasteiger partial charge in [0.2, 0.25) is 0 Å². The average Bonchev–Trinajstić information content (AvgIpc) is 2.89. The quantitative estimate of drug-likeness (QED) is 0.498. The molecule has 1 aliphatic rings. The average molecular weight is 351 g/mol. The zero-order valence-corrected chi connectivity index (χ0v) is 14.2. The molecule has 0 amide bonds. The second kappa shape index (κ2) is 6.25. The summed E-state index contributed by atoms with van der Waals surface area (Å²) in [6, 6.07) is 3.35.